The van der Waals surface area contributed by atoms with Crippen LogP contribution in [0.3, 0.4) is 0 Å². The maximum atomic E-state index is 14.0. The zero-order chi connectivity index (χ0) is 30.4. The Hall–Kier alpha value is -2.90. The van der Waals surface area contributed by atoms with E-state index in [-0.39, 0.29) is 30.2 Å². The second kappa shape index (κ2) is 11.9. The van der Waals surface area contributed by atoms with Crippen molar-refractivity contribution < 1.29 is 28.5 Å². The summed E-state index contributed by atoms with van der Waals surface area (Å²) >= 11 is 1.41. The number of pyridine rings is 1. The average molecular weight is 617 g/mol. The van der Waals surface area contributed by atoms with E-state index in [0.29, 0.717) is 68.0 Å². The Balaban J connectivity index is 1.14. The van der Waals surface area contributed by atoms with Crippen LogP contribution in [0, 0.1) is 5.41 Å². The number of alkyl carbamates (subject to hydrolysis) is 1. The Morgan fingerprint density at radius 1 is 1.26 bits per heavy atom. The molecule has 0 unspecified atom stereocenters. The van der Waals surface area contributed by atoms with Crippen LogP contribution in [-0.2, 0) is 16.1 Å². The molecule has 1 amide bonds. The monoisotopic (exact) mass is 616 g/mol. The zero-order valence-corrected chi connectivity index (χ0v) is 26.0. The minimum Gasteiger partial charge on any atom is -0.486 e. The summed E-state index contributed by atoms with van der Waals surface area (Å²) in [6.07, 6.45) is 4.66. The molecule has 0 aliphatic carbocycles. The molecule has 0 aromatic carbocycles. The molecule has 0 bridgehead atoms. The molecule has 0 saturated carbocycles. The number of ether oxygens (including phenoxy) is 3. The second-order valence-electron chi connectivity index (χ2n) is 13.0. The van der Waals surface area contributed by atoms with Crippen LogP contribution in [0.2, 0.25) is 0 Å². The largest absolute Gasteiger partial charge is 0.486 e. The van der Waals surface area contributed by atoms with Crippen molar-refractivity contribution in [1.82, 2.24) is 20.3 Å². The molecule has 2 N–H and O–H groups in total. The first-order valence-corrected chi connectivity index (χ1v) is 15.9. The number of hydrogen-bond acceptors (Lipinski definition) is 11. The number of carbonyl (C=O) groups is 1. The van der Waals surface area contributed by atoms with Gasteiger partial charge in [0.05, 0.1) is 42.5 Å². The molecule has 6 heterocycles. The summed E-state index contributed by atoms with van der Waals surface area (Å²) in [5.74, 6) is 2.09. The van der Waals surface area contributed by atoms with Crippen molar-refractivity contribution in [3.63, 3.8) is 0 Å². The number of halogens is 1. The second-order valence-corrected chi connectivity index (χ2v) is 14.0. The van der Waals surface area contributed by atoms with Gasteiger partial charge in [-0.2, -0.15) is 0 Å². The maximum Gasteiger partial charge on any atom is 0.407 e. The molecular weight excluding hydrogens is 575 g/mol. The molecule has 2 aromatic heterocycles. The number of fused-ring (bicyclic) bond motifs is 3. The molecule has 6 rings (SSSR count). The maximum absolute atomic E-state index is 14.0. The first-order chi connectivity index (χ1) is 20.5. The Bertz CT molecular complexity index is 1340. The SMILES string of the molecule is C[C@@H]1OCC2(CCN(c3ncc(Sc4ccnc5c4OC[C@@H]4C[C@@H](F)CCN54)nc3CO)CC2)[C@@H]1NC(=O)OC(C)(C)C. The minimum atomic E-state index is -0.800. The highest BCUT2D eigenvalue weighted by Gasteiger charge is 2.50. The number of nitrogens with zero attached hydrogens (tertiary/aromatic N) is 5. The van der Waals surface area contributed by atoms with Crippen molar-refractivity contribution in [2.24, 2.45) is 5.41 Å². The number of anilines is 2. The van der Waals surface area contributed by atoms with Gasteiger partial charge in [-0.1, -0.05) is 11.8 Å². The number of aliphatic hydroxyl groups excluding tert-OH is 1. The van der Waals surface area contributed by atoms with E-state index >= 15 is 0 Å². The van der Waals surface area contributed by atoms with Gasteiger partial charge >= 0.3 is 6.09 Å². The fourth-order valence-electron chi connectivity index (χ4n) is 6.70. The van der Waals surface area contributed by atoms with Gasteiger partial charge < -0.3 is 34.4 Å². The molecule has 3 fully saturated rings. The molecule has 4 atom stereocenters. The van der Waals surface area contributed by atoms with Gasteiger partial charge in [0, 0.05) is 37.7 Å². The molecule has 1 spiro atoms. The molecule has 234 valence electrons. The zero-order valence-electron chi connectivity index (χ0n) is 25.2. The molecule has 43 heavy (non-hydrogen) atoms. The van der Waals surface area contributed by atoms with Gasteiger partial charge in [0.2, 0.25) is 0 Å². The third-order valence-corrected chi connectivity index (χ3v) is 9.80. The third-order valence-electron chi connectivity index (χ3n) is 8.85. The van der Waals surface area contributed by atoms with Crippen molar-refractivity contribution in [2.75, 3.05) is 42.6 Å². The summed E-state index contributed by atoms with van der Waals surface area (Å²) in [7, 11) is 0. The normalized spacial score (nSPS) is 26.5. The number of nitrogens with one attached hydrogen (secondary N) is 1. The summed E-state index contributed by atoms with van der Waals surface area (Å²) < 4.78 is 31.6. The van der Waals surface area contributed by atoms with Gasteiger partial charge in [-0.05, 0) is 53.0 Å². The number of carbonyl (C=O) groups excluding carboxylic acids is 1. The minimum absolute atomic E-state index is 0.00451. The van der Waals surface area contributed by atoms with Crippen LogP contribution in [0.15, 0.2) is 28.4 Å². The van der Waals surface area contributed by atoms with Crippen LogP contribution >= 0.6 is 11.8 Å². The van der Waals surface area contributed by atoms with Gasteiger partial charge in [0.1, 0.15) is 29.1 Å². The topological polar surface area (TPSA) is 122 Å². The van der Waals surface area contributed by atoms with E-state index in [1.54, 1.807) is 12.4 Å². The summed E-state index contributed by atoms with van der Waals surface area (Å²) in [5.41, 5.74) is -0.267. The number of alkyl halides is 1. The Kier molecular flexibility index (Phi) is 8.33. The fraction of sp³-hybridized carbons (Fsp3) is 0.667. The van der Waals surface area contributed by atoms with Gasteiger partial charge in [-0.25, -0.2) is 24.1 Å². The highest BCUT2D eigenvalue weighted by atomic mass is 32.2. The number of amides is 1. The number of piperidine rings is 2. The summed E-state index contributed by atoms with van der Waals surface area (Å²) in [4.78, 5) is 31.8. The van der Waals surface area contributed by atoms with Gasteiger partial charge in [-0.3, -0.25) is 0 Å². The number of aliphatic hydroxyl groups is 1. The molecule has 0 radical (unpaired) electrons. The van der Waals surface area contributed by atoms with Crippen LogP contribution in [0.5, 0.6) is 5.75 Å². The smallest absolute Gasteiger partial charge is 0.407 e. The van der Waals surface area contributed by atoms with Gasteiger partial charge in [-0.15, -0.1) is 0 Å². The molecule has 4 aliphatic heterocycles. The predicted octanol–water partition coefficient (Wildman–Crippen LogP) is 4.11. The van der Waals surface area contributed by atoms with Crippen LogP contribution in [-0.4, -0.2) is 89.0 Å². The van der Waals surface area contributed by atoms with Crippen molar-refractivity contribution in [1.29, 1.82) is 0 Å². The molecule has 4 aliphatic rings. The van der Waals surface area contributed by atoms with E-state index in [1.165, 1.54) is 11.8 Å². The van der Waals surface area contributed by atoms with Crippen LogP contribution < -0.4 is 19.9 Å². The molecular formula is C30H41FN6O5S. The van der Waals surface area contributed by atoms with Crippen LogP contribution in [0.1, 0.15) is 59.1 Å². The van der Waals surface area contributed by atoms with Crippen molar-refractivity contribution >= 4 is 29.5 Å². The fourth-order valence-corrected chi connectivity index (χ4v) is 7.56. The van der Waals surface area contributed by atoms with E-state index in [4.69, 9.17) is 24.2 Å². The number of aromatic nitrogens is 3. The summed E-state index contributed by atoms with van der Waals surface area (Å²) in [6, 6.07) is 1.73. The lowest BCUT2D eigenvalue weighted by molar-refractivity contribution is 0.0434. The van der Waals surface area contributed by atoms with Crippen molar-refractivity contribution in [3.05, 3.63) is 24.2 Å². The highest BCUT2D eigenvalue weighted by molar-refractivity contribution is 7.99. The Morgan fingerprint density at radius 3 is 2.79 bits per heavy atom. The molecule has 3 saturated heterocycles. The third kappa shape index (κ3) is 6.21. The summed E-state index contributed by atoms with van der Waals surface area (Å²) in [5, 5.41) is 14.0. The van der Waals surface area contributed by atoms with E-state index in [2.05, 4.69) is 20.1 Å². The lowest BCUT2D eigenvalue weighted by atomic mass is 9.73. The van der Waals surface area contributed by atoms with E-state index in [9.17, 15) is 14.3 Å². The first kappa shape index (κ1) is 30.1. The lowest BCUT2D eigenvalue weighted by Gasteiger charge is -2.43. The van der Waals surface area contributed by atoms with Crippen molar-refractivity contribution in [2.45, 2.75) is 99.9 Å². The lowest BCUT2D eigenvalue weighted by Crippen LogP contribution is -2.55. The van der Waals surface area contributed by atoms with Crippen LogP contribution in [0.4, 0.5) is 20.8 Å². The number of rotatable bonds is 5. The standard InChI is InChI=1S/C30H41FN6O5S/c1-18-25(35-28(39)42-29(2,3)4)30(17-41-18)7-11-36(12-8-30)26-21(15-38)34-23(14-33-26)43-22-5-9-32-27-24(22)40-16-20-13-19(31)6-10-37(20)27/h5,9,14,18-20,25,38H,6-8,10-13,15-17H2,1-4H3,(H,35,39)/t18-,19-,20-,25+/m0/s1. The van der Waals surface area contributed by atoms with E-state index in [1.807, 2.05) is 33.8 Å². The molecule has 11 nitrogen and oxygen atoms in total. The quantitative estimate of drug-likeness (QED) is 0.505. The first-order valence-electron chi connectivity index (χ1n) is 15.1. The van der Waals surface area contributed by atoms with Crippen molar-refractivity contribution in [3.8, 4) is 5.75 Å². The Labute approximate surface area is 255 Å². The predicted molar refractivity (Wildman–Crippen MR) is 160 cm³/mol. The highest BCUT2D eigenvalue weighted by Crippen LogP contribution is 2.45. The summed E-state index contributed by atoms with van der Waals surface area (Å²) in [6.45, 7) is 10.3. The molecule has 13 heteroatoms. The van der Waals surface area contributed by atoms with Crippen LogP contribution in [0.25, 0.3) is 0 Å². The van der Waals surface area contributed by atoms with E-state index in [0.717, 1.165) is 23.6 Å². The number of hydrogen-bond donors (Lipinski definition) is 2. The van der Waals surface area contributed by atoms with Gasteiger partial charge in [0.25, 0.3) is 0 Å². The Morgan fingerprint density at radius 2 is 2.05 bits per heavy atom. The molecule has 2 aromatic rings. The van der Waals surface area contributed by atoms with E-state index < -0.39 is 17.9 Å². The van der Waals surface area contributed by atoms with Gasteiger partial charge in [0.15, 0.2) is 17.4 Å². The average Bonchev–Trinajstić information content (AvgIpc) is 3.26.